The molecule has 1 N–H and O–H groups in total. The van der Waals surface area contributed by atoms with E-state index in [4.69, 9.17) is 4.74 Å². The topological polar surface area (TPSA) is 32.8 Å². The second-order valence-electron chi connectivity index (χ2n) is 13.0. The molecule has 5 aliphatic rings. The van der Waals surface area contributed by atoms with E-state index in [2.05, 4.69) is 34.6 Å². The second-order valence-corrected chi connectivity index (χ2v) is 13.0. The van der Waals surface area contributed by atoms with Crippen LogP contribution in [0.3, 0.4) is 0 Å². The van der Waals surface area contributed by atoms with Crippen molar-refractivity contribution >= 4 is 0 Å². The molecule has 1 spiro atoms. The standard InChI is InChI=1S/C27H46O2.C2H6.CH4/c1-17(2)7-6-8-18(3)21-9-10-22-20-15-24-27(29-24)16-19(28)11-14-26(27,5)23(20)12-13-25(21,22)4;1-2;/h17-24,28H,6-16H2,1-5H3;1-2H3;1H4. The molecule has 0 aromatic heterocycles. The van der Waals surface area contributed by atoms with Crippen molar-refractivity contribution in [1.82, 2.24) is 0 Å². The molecule has 0 aromatic rings. The van der Waals surface area contributed by atoms with Crippen LogP contribution in [0.5, 0.6) is 0 Å². The van der Waals surface area contributed by atoms with E-state index in [1.807, 2.05) is 13.8 Å². The van der Waals surface area contributed by atoms with Gasteiger partial charge in [0.15, 0.2) is 0 Å². The van der Waals surface area contributed by atoms with Crippen molar-refractivity contribution in [1.29, 1.82) is 0 Å². The number of fused-ring (bicyclic) bond motifs is 4. The van der Waals surface area contributed by atoms with E-state index in [0.717, 1.165) is 48.3 Å². The fourth-order valence-corrected chi connectivity index (χ4v) is 9.68. The minimum atomic E-state index is -0.124. The van der Waals surface area contributed by atoms with Crippen LogP contribution in [-0.2, 0) is 4.74 Å². The van der Waals surface area contributed by atoms with E-state index < -0.39 is 0 Å². The summed E-state index contributed by atoms with van der Waals surface area (Å²) in [5.41, 5.74) is 0.932. The monoisotopic (exact) mass is 448 g/mol. The van der Waals surface area contributed by atoms with E-state index >= 15 is 0 Å². The molecule has 32 heavy (non-hydrogen) atoms. The van der Waals surface area contributed by atoms with Gasteiger partial charge in [-0.15, -0.1) is 0 Å². The fraction of sp³-hybridized carbons (Fsp3) is 1.00. The van der Waals surface area contributed by atoms with Gasteiger partial charge in [-0.05, 0) is 85.9 Å². The van der Waals surface area contributed by atoms with Gasteiger partial charge < -0.3 is 9.84 Å². The lowest BCUT2D eigenvalue weighted by Crippen LogP contribution is -2.58. The molecule has 10 unspecified atom stereocenters. The Kier molecular flexibility index (Phi) is 7.89. The highest BCUT2D eigenvalue weighted by Gasteiger charge is 2.76. The zero-order chi connectivity index (χ0) is 22.6. The summed E-state index contributed by atoms with van der Waals surface area (Å²) in [6, 6.07) is 0. The summed E-state index contributed by atoms with van der Waals surface area (Å²) in [6.45, 7) is 16.6. The van der Waals surface area contributed by atoms with Crippen LogP contribution in [0, 0.1) is 46.3 Å². The van der Waals surface area contributed by atoms with Crippen molar-refractivity contribution in [3.05, 3.63) is 0 Å². The van der Waals surface area contributed by atoms with Gasteiger partial charge in [0.25, 0.3) is 0 Å². The zero-order valence-corrected chi connectivity index (χ0v) is 21.8. The van der Waals surface area contributed by atoms with Gasteiger partial charge in [0.2, 0.25) is 0 Å². The number of hydrogen-bond donors (Lipinski definition) is 1. The molecule has 1 saturated heterocycles. The largest absolute Gasteiger partial charge is 0.393 e. The van der Waals surface area contributed by atoms with Crippen molar-refractivity contribution < 1.29 is 9.84 Å². The maximum atomic E-state index is 10.4. The number of hydrogen-bond acceptors (Lipinski definition) is 2. The summed E-state index contributed by atoms with van der Waals surface area (Å²) in [5.74, 6) is 5.31. The Balaban J connectivity index is 0.000000938. The molecule has 1 aliphatic heterocycles. The third-order valence-corrected chi connectivity index (χ3v) is 11.3. The molecular formula is C30H56O2. The first kappa shape index (κ1) is 26.5. The van der Waals surface area contributed by atoms with Crippen molar-refractivity contribution in [2.24, 2.45) is 46.3 Å². The normalized spacial score (nSPS) is 49.4. The number of aliphatic hydroxyl groups excluding tert-OH is 1. The SMILES string of the molecule is C.CC.CC(C)CCCC(C)C1CCC2C3CC4OC45CC(O)CCC5(C)C3CCC12C. The molecule has 5 rings (SSSR count). The quantitative estimate of drug-likeness (QED) is 0.429. The zero-order valence-electron chi connectivity index (χ0n) is 21.8. The Morgan fingerprint density at radius 1 is 0.938 bits per heavy atom. The van der Waals surface area contributed by atoms with E-state index in [1.54, 1.807) is 0 Å². The minimum Gasteiger partial charge on any atom is -0.393 e. The summed E-state index contributed by atoms with van der Waals surface area (Å²) in [4.78, 5) is 0. The average molecular weight is 449 g/mol. The molecule has 0 amide bonds. The molecular weight excluding hydrogens is 392 g/mol. The highest BCUT2D eigenvalue weighted by atomic mass is 16.6. The highest BCUT2D eigenvalue weighted by molar-refractivity contribution is 5.24. The molecule has 2 heteroatoms. The number of epoxide rings is 1. The van der Waals surface area contributed by atoms with E-state index in [9.17, 15) is 5.11 Å². The van der Waals surface area contributed by atoms with Gasteiger partial charge in [-0.2, -0.15) is 0 Å². The van der Waals surface area contributed by atoms with Crippen LogP contribution in [0.2, 0.25) is 0 Å². The summed E-state index contributed by atoms with van der Waals surface area (Å²) >= 11 is 0. The first-order valence-corrected chi connectivity index (χ1v) is 14.1. The molecule has 2 nitrogen and oxygen atoms in total. The van der Waals surface area contributed by atoms with Gasteiger partial charge in [0, 0.05) is 11.8 Å². The Hall–Kier alpha value is -0.0800. The second kappa shape index (κ2) is 9.52. The number of rotatable bonds is 5. The van der Waals surface area contributed by atoms with E-state index in [0.29, 0.717) is 16.9 Å². The summed E-state index contributed by atoms with van der Waals surface area (Å²) in [7, 11) is 0. The third-order valence-electron chi connectivity index (χ3n) is 11.3. The lowest BCUT2D eigenvalue weighted by molar-refractivity contribution is -0.116. The molecule has 5 fully saturated rings. The lowest BCUT2D eigenvalue weighted by atomic mass is 9.44. The van der Waals surface area contributed by atoms with Crippen LogP contribution < -0.4 is 0 Å². The van der Waals surface area contributed by atoms with E-state index in [1.165, 1.54) is 57.8 Å². The van der Waals surface area contributed by atoms with Crippen molar-refractivity contribution in [2.75, 3.05) is 0 Å². The maximum absolute atomic E-state index is 10.4. The maximum Gasteiger partial charge on any atom is 0.103 e. The van der Waals surface area contributed by atoms with Crippen LogP contribution in [-0.4, -0.2) is 22.9 Å². The van der Waals surface area contributed by atoms with E-state index in [-0.39, 0.29) is 19.1 Å². The minimum absolute atomic E-state index is 0. The summed E-state index contributed by atoms with van der Waals surface area (Å²) in [6.07, 6.45) is 14.8. The molecule has 4 aliphatic carbocycles. The van der Waals surface area contributed by atoms with Crippen molar-refractivity contribution in [2.45, 2.75) is 144 Å². The molecule has 4 saturated carbocycles. The molecule has 188 valence electrons. The van der Waals surface area contributed by atoms with Crippen LogP contribution in [0.15, 0.2) is 0 Å². The average Bonchev–Trinajstić information content (AvgIpc) is 3.30. The van der Waals surface area contributed by atoms with Crippen LogP contribution in [0.4, 0.5) is 0 Å². The van der Waals surface area contributed by atoms with Crippen LogP contribution in [0.25, 0.3) is 0 Å². The van der Waals surface area contributed by atoms with Gasteiger partial charge in [0.05, 0.1) is 12.2 Å². The van der Waals surface area contributed by atoms with Gasteiger partial charge in [-0.25, -0.2) is 0 Å². The van der Waals surface area contributed by atoms with Crippen molar-refractivity contribution in [3.8, 4) is 0 Å². The Bertz CT molecular complexity index is 630. The van der Waals surface area contributed by atoms with Crippen LogP contribution in [0.1, 0.15) is 127 Å². The summed E-state index contributed by atoms with van der Waals surface area (Å²) in [5, 5.41) is 10.4. The van der Waals surface area contributed by atoms with Gasteiger partial charge in [0.1, 0.15) is 5.60 Å². The van der Waals surface area contributed by atoms with Gasteiger partial charge in [-0.3, -0.25) is 0 Å². The molecule has 0 bridgehead atoms. The van der Waals surface area contributed by atoms with Crippen LogP contribution >= 0.6 is 0 Å². The first-order chi connectivity index (χ1) is 14.7. The Morgan fingerprint density at radius 3 is 2.34 bits per heavy atom. The Labute approximate surface area is 200 Å². The highest BCUT2D eigenvalue weighted by Crippen LogP contribution is 2.74. The number of ether oxygens (including phenoxy) is 1. The fourth-order valence-electron chi connectivity index (χ4n) is 9.68. The molecule has 0 radical (unpaired) electrons. The molecule has 0 aromatic carbocycles. The summed E-state index contributed by atoms with van der Waals surface area (Å²) < 4.78 is 6.51. The first-order valence-electron chi connectivity index (χ1n) is 14.1. The smallest absolute Gasteiger partial charge is 0.103 e. The third kappa shape index (κ3) is 3.92. The predicted molar refractivity (Wildman–Crippen MR) is 137 cm³/mol. The van der Waals surface area contributed by atoms with Crippen molar-refractivity contribution in [3.63, 3.8) is 0 Å². The van der Waals surface area contributed by atoms with Gasteiger partial charge in [-0.1, -0.05) is 75.2 Å². The lowest BCUT2D eigenvalue weighted by Gasteiger charge is -2.59. The molecule has 10 atom stereocenters. The number of aliphatic hydroxyl groups is 1. The van der Waals surface area contributed by atoms with Gasteiger partial charge >= 0.3 is 0 Å². The Morgan fingerprint density at radius 2 is 1.66 bits per heavy atom. The molecule has 1 heterocycles. The predicted octanol–water partition coefficient (Wildman–Crippen LogP) is 8.26.